The van der Waals surface area contributed by atoms with Crippen molar-refractivity contribution in [3.8, 4) is 0 Å². The highest BCUT2D eigenvalue weighted by Gasteiger charge is 2.13. The Bertz CT molecular complexity index is 1020. The lowest BCUT2D eigenvalue weighted by atomic mass is 10.1. The molecule has 2 aromatic carbocycles. The average molecular weight is 327 g/mol. The fourth-order valence-corrected chi connectivity index (χ4v) is 3.14. The molecule has 2 aromatic heterocycles. The highest BCUT2D eigenvalue weighted by molar-refractivity contribution is 6.08. The van der Waals surface area contributed by atoms with E-state index in [4.69, 9.17) is 0 Å². The van der Waals surface area contributed by atoms with E-state index >= 15 is 0 Å². The van der Waals surface area contributed by atoms with Crippen LogP contribution in [0.4, 0.5) is 0 Å². The fourth-order valence-electron chi connectivity index (χ4n) is 3.14. The molecule has 0 atom stereocenters. The van der Waals surface area contributed by atoms with Crippen molar-refractivity contribution in [2.45, 2.75) is 13.0 Å². The van der Waals surface area contributed by atoms with Gasteiger partial charge >= 0.3 is 0 Å². The Kier molecular flexibility index (Phi) is 4.13. The summed E-state index contributed by atoms with van der Waals surface area (Å²) in [4.78, 5) is 15.9. The van der Waals surface area contributed by atoms with Crippen LogP contribution < -0.4 is 4.57 Å². The number of nitrogens with one attached hydrogen (secondary N) is 1. The van der Waals surface area contributed by atoms with Crippen LogP contribution in [0.15, 0.2) is 85.3 Å². The number of para-hydroxylation sites is 1. The zero-order chi connectivity index (χ0) is 17.1. The molecule has 2 heterocycles. The molecule has 3 nitrogen and oxygen atoms in total. The van der Waals surface area contributed by atoms with Gasteiger partial charge in [-0.3, -0.25) is 4.79 Å². The Morgan fingerprint density at radius 3 is 2.52 bits per heavy atom. The third-order valence-electron chi connectivity index (χ3n) is 4.47. The molecule has 0 radical (unpaired) electrons. The van der Waals surface area contributed by atoms with Crippen molar-refractivity contribution in [2.24, 2.45) is 0 Å². The van der Waals surface area contributed by atoms with Gasteiger partial charge in [-0.25, -0.2) is 4.57 Å². The number of aromatic nitrogens is 2. The maximum atomic E-state index is 12.6. The molecule has 0 unspecified atom stereocenters. The van der Waals surface area contributed by atoms with E-state index < -0.39 is 0 Å². The van der Waals surface area contributed by atoms with Crippen molar-refractivity contribution < 1.29 is 9.36 Å². The molecule has 0 saturated carbocycles. The van der Waals surface area contributed by atoms with E-state index in [-0.39, 0.29) is 5.78 Å². The lowest BCUT2D eigenvalue weighted by molar-refractivity contribution is -0.696. The monoisotopic (exact) mass is 327 g/mol. The molecule has 4 rings (SSSR count). The Balaban J connectivity index is 1.53. The summed E-state index contributed by atoms with van der Waals surface area (Å²) >= 11 is 0. The summed E-state index contributed by atoms with van der Waals surface area (Å²) in [6, 6.07) is 21.5. The number of fused-ring (bicyclic) bond motifs is 1. The molecule has 0 saturated heterocycles. The Labute approximate surface area is 146 Å². The molecule has 4 aromatic rings. The zero-order valence-corrected chi connectivity index (χ0v) is 13.9. The van der Waals surface area contributed by atoms with Crippen molar-refractivity contribution in [3.05, 3.63) is 102 Å². The second-order valence-electron chi connectivity index (χ2n) is 6.14. The molecule has 0 aliphatic carbocycles. The molecule has 25 heavy (non-hydrogen) atoms. The predicted molar refractivity (Wildman–Crippen MR) is 98.5 cm³/mol. The van der Waals surface area contributed by atoms with Crippen LogP contribution in [0.2, 0.25) is 0 Å². The number of hydrogen-bond acceptors (Lipinski definition) is 1. The molecule has 0 spiro atoms. The molecular formula is C22H19N2O+. The summed E-state index contributed by atoms with van der Waals surface area (Å²) in [5, 5.41) is 1.26. The van der Waals surface area contributed by atoms with Gasteiger partial charge in [0.25, 0.3) is 0 Å². The van der Waals surface area contributed by atoms with Gasteiger partial charge in [-0.15, -0.1) is 0 Å². The number of aromatic amines is 1. The number of benzene rings is 2. The molecule has 3 heteroatoms. The van der Waals surface area contributed by atoms with Crippen molar-refractivity contribution in [1.29, 1.82) is 0 Å². The topological polar surface area (TPSA) is 36.7 Å². The highest BCUT2D eigenvalue weighted by atomic mass is 16.1. The minimum absolute atomic E-state index is 0.0574. The largest absolute Gasteiger partial charge is 0.361 e. The van der Waals surface area contributed by atoms with Crippen LogP contribution in [0.5, 0.6) is 0 Å². The number of carbonyl (C=O) groups is 1. The third kappa shape index (κ3) is 3.22. The first-order valence-electron chi connectivity index (χ1n) is 8.45. The average Bonchev–Trinajstić information content (AvgIpc) is 3.10. The van der Waals surface area contributed by atoms with Crippen molar-refractivity contribution in [3.63, 3.8) is 0 Å². The number of rotatable bonds is 5. The van der Waals surface area contributed by atoms with Gasteiger partial charge in [-0.2, -0.15) is 0 Å². The van der Waals surface area contributed by atoms with Gasteiger partial charge in [0.15, 0.2) is 24.7 Å². The van der Waals surface area contributed by atoms with Crippen LogP contribution in [-0.2, 0) is 13.0 Å². The molecule has 0 aliphatic rings. The summed E-state index contributed by atoms with van der Waals surface area (Å²) in [6.07, 6.45) is 6.93. The van der Waals surface area contributed by atoms with Crippen molar-refractivity contribution in [1.82, 2.24) is 4.98 Å². The summed E-state index contributed by atoms with van der Waals surface area (Å²) in [6.45, 7) is 0.831. The zero-order valence-electron chi connectivity index (χ0n) is 13.9. The highest BCUT2D eigenvalue weighted by Crippen LogP contribution is 2.18. The van der Waals surface area contributed by atoms with Crippen molar-refractivity contribution in [2.75, 3.05) is 0 Å². The normalized spacial score (nSPS) is 10.9. The molecule has 0 amide bonds. The minimum Gasteiger partial charge on any atom is -0.361 e. The van der Waals surface area contributed by atoms with Gasteiger partial charge < -0.3 is 4.98 Å². The standard InChI is InChI=1S/C22H19N2O/c25-22(17-7-2-1-3-8-17)19-9-6-13-24(16-19)14-12-18-15-23-21-11-5-4-10-20(18)21/h1-11,13,15-16,23H,12,14H2/q+1. The lowest BCUT2D eigenvalue weighted by Crippen LogP contribution is -2.34. The molecule has 0 bridgehead atoms. The van der Waals surface area contributed by atoms with E-state index in [1.807, 2.05) is 60.9 Å². The van der Waals surface area contributed by atoms with Gasteiger partial charge in [-0.1, -0.05) is 48.5 Å². The van der Waals surface area contributed by atoms with Crippen LogP contribution in [0.1, 0.15) is 21.5 Å². The number of ketones is 1. The summed E-state index contributed by atoms with van der Waals surface area (Å²) in [5.74, 6) is 0.0574. The second-order valence-corrected chi connectivity index (χ2v) is 6.14. The first kappa shape index (κ1) is 15.3. The van der Waals surface area contributed by atoms with Crippen LogP contribution in [-0.4, -0.2) is 10.8 Å². The number of nitrogens with zero attached hydrogens (tertiary/aromatic N) is 1. The number of H-pyrrole nitrogens is 1. The SMILES string of the molecule is O=C(c1ccccc1)c1ccc[n+](CCc2c[nH]c3ccccc23)c1. The van der Waals surface area contributed by atoms with Crippen molar-refractivity contribution >= 4 is 16.7 Å². The van der Waals surface area contributed by atoms with Gasteiger partial charge in [0.05, 0.1) is 5.56 Å². The van der Waals surface area contributed by atoms with Crippen LogP contribution >= 0.6 is 0 Å². The predicted octanol–water partition coefficient (Wildman–Crippen LogP) is 3.93. The quantitative estimate of drug-likeness (QED) is 0.438. The number of hydrogen-bond donors (Lipinski definition) is 1. The number of aryl methyl sites for hydroxylation is 2. The van der Waals surface area contributed by atoms with E-state index in [0.29, 0.717) is 5.56 Å². The first-order chi connectivity index (χ1) is 12.3. The Morgan fingerprint density at radius 1 is 0.880 bits per heavy atom. The van der Waals surface area contributed by atoms with E-state index in [9.17, 15) is 4.79 Å². The molecule has 1 N–H and O–H groups in total. The fraction of sp³-hybridized carbons (Fsp3) is 0.0909. The Hall–Kier alpha value is -3.20. The molecule has 122 valence electrons. The van der Waals surface area contributed by atoms with Gasteiger partial charge in [0.2, 0.25) is 0 Å². The van der Waals surface area contributed by atoms with Crippen LogP contribution in [0, 0.1) is 0 Å². The molecular weight excluding hydrogens is 308 g/mol. The van der Waals surface area contributed by atoms with Gasteiger partial charge in [-0.05, 0) is 17.7 Å². The number of pyridine rings is 1. The van der Waals surface area contributed by atoms with Crippen LogP contribution in [0.25, 0.3) is 10.9 Å². The maximum absolute atomic E-state index is 12.6. The van der Waals surface area contributed by atoms with E-state index in [1.165, 1.54) is 10.9 Å². The summed E-state index contributed by atoms with van der Waals surface area (Å²) in [7, 11) is 0. The van der Waals surface area contributed by atoms with Crippen LogP contribution in [0.3, 0.4) is 0 Å². The molecule has 0 aliphatic heterocycles. The number of carbonyl (C=O) groups excluding carboxylic acids is 1. The van der Waals surface area contributed by atoms with Gasteiger partial charge in [0.1, 0.15) is 0 Å². The first-order valence-corrected chi connectivity index (χ1v) is 8.45. The maximum Gasteiger partial charge on any atom is 0.199 e. The van der Waals surface area contributed by atoms with E-state index in [2.05, 4.69) is 33.9 Å². The molecule has 0 fully saturated rings. The minimum atomic E-state index is 0.0574. The van der Waals surface area contributed by atoms with Gasteiger partial charge in [0, 0.05) is 35.2 Å². The smallest absolute Gasteiger partial charge is 0.199 e. The summed E-state index contributed by atoms with van der Waals surface area (Å²) < 4.78 is 2.08. The lowest BCUT2D eigenvalue weighted by Gasteiger charge is -2.01. The summed E-state index contributed by atoms with van der Waals surface area (Å²) in [5.41, 5.74) is 3.89. The van der Waals surface area contributed by atoms with E-state index in [1.54, 1.807) is 0 Å². The van der Waals surface area contributed by atoms with E-state index in [0.717, 1.165) is 24.0 Å². The Morgan fingerprint density at radius 2 is 1.64 bits per heavy atom. The second kappa shape index (κ2) is 6.73. The third-order valence-corrected chi connectivity index (χ3v) is 4.47.